The SMILES string of the molecule is CCOC(=O)C1C(Cl)c2cc(Br)ccc2N1c1ccc(C(C)C)cc1. The van der Waals surface area contributed by atoms with Crippen LogP contribution in [-0.4, -0.2) is 18.6 Å². The molecule has 0 N–H and O–H groups in total. The molecule has 0 saturated carbocycles. The molecule has 0 fully saturated rings. The van der Waals surface area contributed by atoms with Crippen LogP contribution in [-0.2, 0) is 9.53 Å². The lowest BCUT2D eigenvalue weighted by atomic mass is 10.0. The van der Waals surface area contributed by atoms with Crippen LogP contribution in [0.25, 0.3) is 0 Å². The Morgan fingerprint density at radius 1 is 1.24 bits per heavy atom. The highest BCUT2D eigenvalue weighted by molar-refractivity contribution is 9.10. The quantitative estimate of drug-likeness (QED) is 0.451. The standard InChI is InChI=1S/C20H21BrClNO2/c1-4-25-20(24)19-18(22)16-11-14(21)7-10-17(16)23(19)15-8-5-13(6-9-15)12(2)3/h5-12,18-19H,4H2,1-3H3. The molecule has 0 aliphatic carbocycles. The number of esters is 1. The van der Waals surface area contributed by atoms with Crippen molar-refractivity contribution in [2.24, 2.45) is 0 Å². The highest BCUT2D eigenvalue weighted by Crippen LogP contribution is 2.48. The Labute approximate surface area is 162 Å². The average molecular weight is 423 g/mol. The third kappa shape index (κ3) is 3.42. The van der Waals surface area contributed by atoms with Gasteiger partial charge >= 0.3 is 5.97 Å². The second kappa shape index (κ2) is 7.38. The molecule has 3 rings (SSSR count). The maximum atomic E-state index is 12.6. The molecule has 0 spiro atoms. The van der Waals surface area contributed by atoms with Crippen LogP contribution in [0, 0.1) is 0 Å². The van der Waals surface area contributed by atoms with E-state index in [0.717, 1.165) is 21.4 Å². The molecule has 0 bridgehead atoms. The number of nitrogens with zero attached hydrogens (tertiary/aromatic N) is 1. The van der Waals surface area contributed by atoms with Gasteiger partial charge in [0.15, 0.2) is 6.04 Å². The number of halogens is 2. The van der Waals surface area contributed by atoms with Gasteiger partial charge < -0.3 is 9.64 Å². The largest absolute Gasteiger partial charge is 0.464 e. The molecule has 1 aliphatic heterocycles. The number of fused-ring (bicyclic) bond motifs is 1. The zero-order chi connectivity index (χ0) is 18.1. The topological polar surface area (TPSA) is 29.5 Å². The maximum Gasteiger partial charge on any atom is 0.331 e. The highest BCUT2D eigenvalue weighted by Gasteiger charge is 2.43. The third-order valence-electron chi connectivity index (χ3n) is 4.47. The van der Waals surface area contributed by atoms with E-state index >= 15 is 0 Å². The van der Waals surface area contributed by atoms with Gasteiger partial charge in [-0.05, 0) is 54.3 Å². The fourth-order valence-corrected chi connectivity index (χ4v) is 3.96. The van der Waals surface area contributed by atoms with E-state index in [1.807, 2.05) is 42.2 Å². The number of hydrogen-bond donors (Lipinski definition) is 0. The Balaban J connectivity index is 2.07. The Hall–Kier alpha value is -1.52. The zero-order valence-electron chi connectivity index (χ0n) is 14.5. The number of hydrogen-bond acceptors (Lipinski definition) is 3. The minimum absolute atomic E-state index is 0.303. The summed E-state index contributed by atoms with van der Waals surface area (Å²) in [4.78, 5) is 14.6. The van der Waals surface area contributed by atoms with Crippen molar-refractivity contribution in [2.75, 3.05) is 11.5 Å². The first-order valence-electron chi connectivity index (χ1n) is 8.43. The molecule has 0 radical (unpaired) electrons. The van der Waals surface area contributed by atoms with Gasteiger partial charge in [0.25, 0.3) is 0 Å². The summed E-state index contributed by atoms with van der Waals surface area (Å²) in [7, 11) is 0. The van der Waals surface area contributed by atoms with E-state index in [-0.39, 0.29) is 5.97 Å². The van der Waals surface area contributed by atoms with Crippen LogP contribution < -0.4 is 4.90 Å². The molecule has 2 atom stereocenters. The van der Waals surface area contributed by atoms with Crippen LogP contribution in [0.5, 0.6) is 0 Å². The smallest absolute Gasteiger partial charge is 0.331 e. The number of rotatable bonds is 4. The first-order chi connectivity index (χ1) is 11.9. The van der Waals surface area contributed by atoms with Gasteiger partial charge in [-0.2, -0.15) is 0 Å². The summed E-state index contributed by atoms with van der Waals surface area (Å²) in [6.45, 7) is 6.46. The summed E-state index contributed by atoms with van der Waals surface area (Å²) in [6.07, 6.45) is 0. The molecule has 2 unspecified atom stereocenters. The molecule has 3 nitrogen and oxygen atoms in total. The van der Waals surface area contributed by atoms with Crippen LogP contribution in [0.3, 0.4) is 0 Å². The van der Waals surface area contributed by atoms with E-state index in [9.17, 15) is 4.79 Å². The van der Waals surface area contributed by atoms with Gasteiger partial charge in [0.2, 0.25) is 0 Å². The van der Waals surface area contributed by atoms with Crippen LogP contribution in [0.2, 0.25) is 0 Å². The van der Waals surface area contributed by atoms with Crippen molar-refractivity contribution < 1.29 is 9.53 Å². The second-order valence-electron chi connectivity index (χ2n) is 6.42. The van der Waals surface area contributed by atoms with E-state index in [1.54, 1.807) is 0 Å². The highest BCUT2D eigenvalue weighted by atomic mass is 79.9. The number of alkyl halides is 1. The monoisotopic (exact) mass is 421 g/mol. The minimum atomic E-state index is -0.573. The lowest BCUT2D eigenvalue weighted by Crippen LogP contribution is -2.37. The predicted octanol–water partition coefficient (Wildman–Crippen LogP) is 5.94. The van der Waals surface area contributed by atoms with Crippen molar-refractivity contribution in [3.05, 3.63) is 58.1 Å². The summed E-state index contributed by atoms with van der Waals surface area (Å²) in [5, 5.41) is -0.462. The van der Waals surface area contributed by atoms with Crippen molar-refractivity contribution in [3.8, 4) is 0 Å². The summed E-state index contributed by atoms with van der Waals surface area (Å²) >= 11 is 10.2. The Morgan fingerprint density at radius 3 is 2.52 bits per heavy atom. The van der Waals surface area contributed by atoms with Crippen molar-refractivity contribution in [1.29, 1.82) is 0 Å². The number of ether oxygens (including phenoxy) is 1. The molecule has 0 amide bonds. The predicted molar refractivity (Wildman–Crippen MR) is 106 cm³/mol. The van der Waals surface area contributed by atoms with Gasteiger partial charge in [-0.25, -0.2) is 4.79 Å². The molecule has 0 saturated heterocycles. The van der Waals surface area contributed by atoms with Gasteiger partial charge in [-0.1, -0.05) is 41.9 Å². The lowest BCUT2D eigenvalue weighted by molar-refractivity contribution is -0.144. The van der Waals surface area contributed by atoms with Crippen molar-refractivity contribution in [1.82, 2.24) is 0 Å². The third-order valence-corrected chi connectivity index (χ3v) is 5.43. The molecule has 1 heterocycles. The summed E-state index contributed by atoms with van der Waals surface area (Å²) < 4.78 is 6.24. The Kier molecular flexibility index (Phi) is 5.40. The molecular formula is C20H21BrClNO2. The van der Waals surface area contributed by atoms with Gasteiger partial charge in [-0.15, -0.1) is 11.6 Å². The molecule has 1 aliphatic rings. The summed E-state index contributed by atoms with van der Waals surface area (Å²) in [6, 6.07) is 13.6. The molecule has 132 valence electrons. The van der Waals surface area contributed by atoms with Crippen LogP contribution in [0.1, 0.15) is 43.2 Å². The normalized spacial score (nSPS) is 19.2. The molecular weight excluding hydrogens is 402 g/mol. The molecule has 2 aromatic carbocycles. The Morgan fingerprint density at radius 2 is 1.92 bits per heavy atom. The number of benzene rings is 2. The van der Waals surface area contributed by atoms with Crippen LogP contribution >= 0.6 is 27.5 Å². The van der Waals surface area contributed by atoms with E-state index < -0.39 is 11.4 Å². The van der Waals surface area contributed by atoms with E-state index in [1.165, 1.54) is 5.56 Å². The molecule has 5 heteroatoms. The van der Waals surface area contributed by atoms with Crippen molar-refractivity contribution in [3.63, 3.8) is 0 Å². The van der Waals surface area contributed by atoms with Crippen molar-refractivity contribution >= 4 is 44.9 Å². The zero-order valence-corrected chi connectivity index (χ0v) is 16.8. The maximum absolute atomic E-state index is 12.6. The Bertz CT molecular complexity index is 776. The average Bonchev–Trinajstić information content (AvgIpc) is 2.87. The first kappa shape index (κ1) is 18.3. The second-order valence-corrected chi connectivity index (χ2v) is 7.80. The summed E-state index contributed by atoms with van der Waals surface area (Å²) in [5.41, 5.74) is 4.07. The van der Waals surface area contributed by atoms with E-state index in [2.05, 4.69) is 41.9 Å². The number of carbonyl (C=O) groups excluding carboxylic acids is 1. The van der Waals surface area contributed by atoms with Gasteiger partial charge in [0.05, 0.1) is 12.0 Å². The van der Waals surface area contributed by atoms with Crippen LogP contribution in [0.4, 0.5) is 11.4 Å². The number of anilines is 2. The van der Waals surface area contributed by atoms with E-state index in [0.29, 0.717) is 12.5 Å². The van der Waals surface area contributed by atoms with Gasteiger partial charge in [0.1, 0.15) is 0 Å². The van der Waals surface area contributed by atoms with E-state index in [4.69, 9.17) is 16.3 Å². The lowest BCUT2D eigenvalue weighted by Gasteiger charge is -2.27. The fraction of sp³-hybridized carbons (Fsp3) is 0.350. The number of carbonyl (C=O) groups is 1. The van der Waals surface area contributed by atoms with Gasteiger partial charge in [0, 0.05) is 15.8 Å². The van der Waals surface area contributed by atoms with Crippen LogP contribution in [0.15, 0.2) is 46.9 Å². The molecule has 25 heavy (non-hydrogen) atoms. The molecule has 2 aromatic rings. The molecule has 0 aromatic heterocycles. The first-order valence-corrected chi connectivity index (χ1v) is 9.66. The van der Waals surface area contributed by atoms with Gasteiger partial charge in [-0.3, -0.25) is 0 Å². The fourth-order valence-electron chi connectivity index (χ4n) is 3.19. The minimum Gasteiger partial charge on any atom is -0.464 e. The van der Waals surface area contributed by atoms with Crippen molar-refractivity contribution in [2.45, 2.75) is 38.1 Å². The summed E-state index contributed by atoms with van der Waals surface area (Å²) in [5.74, 6) is 0.153.